The van der Waals surface area contributed by atoms with E-state index in [9.17, 15) is 4.79 Å². The van der Waals surface area contributed by atoms with Gasteiger partial charge < -0.3 is 9.64 Å². The van der Waals surface area contributed by atoms with Crippen molar-refractivity contribution < 1.29 is 9.53 Å². The SMILES string of the molecule is O=C(c1ccccc1)c1ccc(Sc2ccc(N3CCOCC3)cc2)cc1. The van der Waals surface area contributed by atoms with E-state index < -0.39 is 0 Å². The molecule has 1 aliphatic heterocycles. The molecule has 4 rings (SSSR count). The van der Waals surface area contributed by atoms with Crippen molar-refractivity contribution in [2.45, 2.75) is 9.79 Å². The fraction of sp³-hybridized carbons (Fsp3) is 0.174. The molecule has 0 bridgehead atoms. The van der Waals surface area contributed by atoms with Gasteiger partial charge in [-0.2, -0.15) is 0 Å². The summed E-state index contributed by atoms with van der Waals surface area (Å²) in [7, 11) is 0. The van der Waals surface area contributed by atoms with Crippen LogP contribution in [0.2, 0.25) is 0 Å². The lowest BCUT2D eigenvalue weighted by Crippen LogP contribution is -2.36. The van der Waals surface area contributed by atoms with Crippen LogP contribution < -0.4 is 4.90 Å². The van der Waals surface area contributed by atoms with Crippen LogP contribution >= 0.6 is 11.8 Å². The normalized spacial score (nSPS) is 14.1. The van der Waals surface area contributed by atoms with Crippen LogP contribution in [-0.2, 0) is 4.74 Å². The van der Waals surface area contributed by atoms with Gasteiger partial charge >= 0.3 is 0 Å². The van der Waals surface area contributed by atoms with Gasteiger partial charge in [-0.25, -0.2) is 0 Å². The third kappa shape index (κ3) is 4.41. The van der Waals surface area contributed by atoms with Crippen molar-refractivity contribution in [3.05, 3.63) is 90.0 Å². The van der Waals surface area contributed by atoms with Crippen molar-refractivity contribution in [2.75, 3.05) is 31.2 Å². The first-order valence-corrected chi connectivity index (χ1v) is 9.92. The molecule has 0 atom stereocenters. The van der Waals surface area contributed by atoms with E-state index in [0.29, 0.717) is 5.56 Å². The highest BCUT2D eigenvalue weighted by atomic mass is 32.2. The van der Waals surface area contributed by atoms with Gasteiger partial charge in [0.1, 0.15) is 0 Å². The highest BCUT2D eigenvalue weighted by molar-refractivity contribution is 7.99. The number of rotatable bonds is 5. The smallest absolute Gasteiger partial charge is 0.193 e. The van der Waals surface area contributed by atoms with E-state index in [0.717, 1.165) is 36.8 Å². The third-order valence-electron chi connectivity index (χ3n) is 4.60. The van der Waals surface area contributed by atoms with Gasteiger partial charge in [0.15, 0.2) is 5.78 Å². The van der Waals surface area contributed by atoms with Gasteiger partial charge in [-0.15, -0.1) is 0 Å². The van der Waals surface area contributed by atoms with Crippen molar-refractivity contribution in [3.8, 4) is 0 Å². The largest absolute Gasteiger partial charge is 0.378 e. The minimum atomic E-state index is 0.0574. The Balaban J connectivity index is 1.41. The molecule has 4 heteroatoms. The van der Waals surface area contributed by atoms with Crippen LogP contribution in [0, 0.1) is 0 Å². The van der Waals surface area contributed by atoms with Crippen LogP contribution in [-0.4, -0.2) is 32.1 Å². The molecule has 0 saturated carbocycles. The van der Waals surface area contributed by atoms with Crippen LogP contribution in [0.3, 0.4) is 0 Å². The summed E-state index contributed by atoms with van der Waals surface area (Å²) >= 11 is 1.70. The van der Waals surface area contributed by atoms with Gasteiger partial charge in [0.25, 0.3) is 0 Å². The average Bonchev–Trinajstić information content (AvgIpc) is 2.76. The molecule has 3 nitrogen and oxygen atoms in total. The Morgan fingerprint density at radius 3 is 1.93 bits per heavy atom. The topological polar surface area (TPSA) is 29.5 Å². The summed E-state index contributed by atoms with van der Waals surface area (Å²) in [5.41, 5.74) is 2.68. The summed E-state index contributed by atoms with van der Waals surface area (Å²) in [4.78, 5) is 17.1. The van der Waals surface area contributed by atoms with Crippen LogP contribution in [0.15, 0.2) is 88.7 Å². The van der Waals surface area contributed by atoms with E-state index in [1.54, 1.807) is 11.8 Å². The number of carbonyl (C=O) groups excluding carboxylic acids is 1. The molecule has 1 aliphatic rings. The standard InChI is InChI=1S/C23H21NO2S/c25-23(18-4-2-1-3-5-18)19-6-10-21(11-7-19)27-22-12-8-20(9-13-22)24-14-16-26-17-15-24/h1-13H,14-17H2. The summed E-state index contributed by atoms with van der Waals surface area (Å²) in [6, 6.07) is 25.9. The van der Waals surface area contributed by atoms with Crippen molar-refractivity contribution in [1.82, 2.24) is 0 Å². The number of ketones is 1. The second kappa shape index (κ2) is 8.42. The number of hydrogen-bond donors (Lipinski definition) is 0. The fourth-order valence-electron chi connectivity index (χ4n) is 3.11. The number of hydrogen-bond acceptors (Lipinski definition) is 4. The number of carbonyl (C=O) groups is 1. The summed E-state index contributed by atoms with van der Waals surface area (Å²) in [6.45, 7) is 3.49. The van der Waals surface area contributed by atoms with E-state index >= 15 is 0 Å². The van der Waals surface area contributed by atoms with Crippen LogP contribution in [0.5, 0.6) is 0 Å². The Labute approximate surface area is 164 Å². The van der Waals surface area contributed by atoms with E-state index in [1.807, 2.05) is 54.6 Å². The second-order valence-corrected chi connectivity index (χ2v) is 7.56. The van der Waals surface area contributed by atoms with Crippen LogP contribution in [0.4, 0.5) is 5.69 Å². The lowest BCUT2D eigenvalue weighted by molar-refractivity contribution is 0.103. The van der Waals surface area contributed by atoms with Gasteiger partial charge in [0, 0.05) is 39.7 Å². The highest BCUT2D eigenvalue weighted by Gasteiger charge is 2.11. The number of benzene rings is 3. The first kappa shape index (κ1) is 17.8. The van der Waals surface area contributed by atoms with Gasteiger partial charge in [-0.3, -0.25) is 4.79 Å². The maximum absolute atomic E-state index is 12.5. The zero-order chi connectivity index (χ0) is 18.5. The van der Waals surface area contributed by atoms with E-state index in [2.05, 4.69) is 29.2 Å². The summed E-state index contributed by atoms with van der Waals surface area (Å²) in [5.74, 6) is 0.0574. The molecule has 1 fully saturated rings. The lowest BCUT2D eigenvalue weighted by Gasteiger charge is -2.28. The molecule has 0 amide bonds. The maximum atomic E-state index is 12.5. The zero-order valence-corrected chi connectivity index (χ0v) is 15.8. The molecular weight excluding hydrogens is 354 g/mol. The Bertz CT molecular complexity index is 886. The molecular formula is C23H21NO2S. The third-order valence-corrected chi connectivity index (χ3v) is 5.62. The molecule has 0 N–H and O–H groups in total. The summed E-state index contributed by atoms with van der Waals surface area (Å²) in [6.07, 6.45) is 0. The van der Waals surface area contributed by atoms with Gasteiger partial charge in [-0.05, 0) is 48.5 Å². The molecule has 0 aromatic heterocycles. The van der Waals surface area contributed by atoms with Crippen LogP contribution in [0.1, 0.15) is 15.9 Å². The Kier molecular flexibility index (Phi) is 5.56. The van der Waals surface area contributed by atoms with Crippen molar-refractivity contribution in [1.29, 1.82) is 0 Å². The average molecular weight is 375 g/mol. The van der Waals surface area contributed by atoms with Crippen molar-refractivity contribution in [3.63, 3.8) is 0 Å². The quantitative estimate of drug-likeness (QED) is 0.593. The Morgan fingerprint density at radius 1 is 0.741 bits per heavy atom. The molecule has 0 radical (unpaired) electrons. The number of ether oxygens (including phenoxy) is 1. The minimum absolute atomic E-state index is 0.0574. The number of anilines is 1. The van der Waals surface area contributed by atoms with E-state index in [4.69, 9.17) is 4.74 Å². The monoisotopic (exact) mass is 375 g/mol. The first-order chi connectivity index (χ1) is 13.3. The molecule has 3 aromatic carbocycles. The van der Waals surface area contributed by atoms with E-state index in [1.165, 1.54) is 10.6 Å². The molecule has 0 aliphatic carbocycles. The summed E-state index contributed by atoms with van der Waals surface area (Å²) < 4.78 is 5.41. The highest BCUT2D eigenvalue weighted by Crippen LogP contribution is 2.30. The van der Waals surface area contributed by atoms with Gasteiger partial charge in [0.05, 0.1) is 13.2 Å². The Hall–Kier alpha value is -2.56. The molecule has 27 heavy (non-hydrogen) atoms. The van der Waals surface area contributed by atoms with Crippen molar-refractivity contribution >= 4 is 23.2 Å². The molecule has 0 spiro atoms. The predicted molar refractivity (Wildman–Crippen MR) is 110 cm³/mol. The summed E-state index contributed by atoms with van der Waals surface area (Å²) in [5, 5.41) is 0. The first-order valence-electron chi connectivity index (χ1n) is 9.10. The minimum Gasteiger partial charge on any atom is -0.378 e. The molecule has 136 valence electrons. The van der Waals surface area contributed by atoms with Crippen molar-refractivity contribution in [2.24, 2.45) is 0 Å². The van der Waals surface area contributed by atoms with Crippen LogP contribution in [0.25, 0.3) is 0 Å². The molecule has 1 heterocycles. The number of nitrogens with zero attached hydrogens (tertiary/aromatic N) is 1. The molecule has 1 saturated heterocycles. The van der Waals surface area contributed by atoms with E-state index in [-0.39, 0.29) is 5.78 Å². The fourth-order valence-corrected chi connectivity index (χ4v) is 3.93. The maximum Gasteiger partial charge on any atom is 0.193 e. The molecule has 3 aromatic rings. The zero-order valence-electron chi connectivity index (χ0n) is 15.0. The predicted octanol–water partition coefficient (Wildman–Crippen LogP) is 4.91. The van der Waals surface area contributed by atoms with Gasteiger partial charge in [0.2, 0.25) is 0 Å². The Morgan fingerprint density at radius 2 is 1.30 bits per heavy atom. The molecule has 0 unspecified atom stereocenters. The van der Waals surface area contributed by atoms with Gasteiger partial charge in [-0.1, -0.05) is 42.1 Å². The number of morpholine rings is 1. The second-order valence-electron chi connectivity index (χ2n) is 6.41. The lowest BCUT2D eigenvalue weighted by atomic mass is 10.0.